The van der Waals surface area contributed by atoms with E-state index in [-0.39, 0.29) is 10.6 Å². The number of hydrogen-bond acceptors (Lipinski definition) is 4. The Hall–Kier alpha value is -2.45. The molecule has 0 aliphatic carbocycles. The normalized spacial score (nSPS) is 13.2. The van der Waals surface area contributed by atoms with Crippen LogP contribution in [0.3, 0.4) is 0 Å². The van der Waals surface area contributed by atoms with Crippen LogP contribution in [-0.4, -0.2) is 27.5 Å². The zero-order valence-corrected chi connectivity index (χ0v) is 13.4. The number of anilines is 1. The average Bonchev–Trinajstić information content (AvgIpc) is 3.01. The maximum absolute atomic E-state index is 13.1. The molecule has 0 atom stereocenters. The largest absolute Gasteiger partial charge is 0.493 e. The van der Waals surface area contributed by atoms with Gasteiger partial charge in [-0.2, -0.15) is 0 Å². The van der Waals surface area contributed by atoms with Crippen LogP contribution >= 0.6 is 0 Å². The first-order chi connectivity index (χ1) is 11.4. The molecule has 0 bridgehead atoms. The van der Waals surface area contributed by atoms with Crippen molar-refractivity contribution in [3.63, 3.8) is 0 Å². The number of carbonyl (C=O) groups excluding carboxylic acids is 1. The van der Waals surface area contributed by atoms with Gasteiger partial charge in [0.25, 0.3) is 0 Å². The number of nitrogens with one attached hydrogen (secondary N) is 2. The molecular weight excluding hydrogens is 335 g/mol. The second-order valence-corrected chi connectivity index (χ2v) is 7.02. The summed E-state index contributed by atoms with van der Waals surface area (Å²) in [6.07, 6.45) is 0.652. The van der Waals surface area contributed by atoms with Gasteiger partial charge >= 0.3 is 0 Å². The highest BCUT2D eigenvalue weighted by molar-refractivity contribution is 7.89. The van der Waals surface area contributed by atoms with Crippen molar-refractivity contribution in [3.8, 4) is 5.75 Å². The third kappa shape index (κ3) is 3.72. The number of fused-ring (bicyclic) bond motifs is 1. The van der Waals surface area contributed by atoms with Gasteiger partial charge in [0.15, 0.2) is 0 Å². The number of hydrogen-bond donors (Lipinski definition) is 2. The monoisotopic (exact) mass is 350 g/mol. The highest BCUT2D eigenvalue weighted by Crippen LogP contribution is 2.27. The minimum Gasteiger partial charge on any atom is -0.493 e. The summed E-state index contributed by atoms with van der Waals surface area (Å²) in [5.41, 5.74) is 1.08. The van der Waals surface area contributed by atoms with E-state index in [2.05, 4.69) is 10.0 Å². The SMILES string of the molecule is O=C(CNS(=O)(=O)c1ccc2c(c1)CCO2)Nc1cccc(F)c1. The lowest BCUT2D eigenvalue weighted by molar-refractivity contribution is -0.115. The van der Waals surface area contributed by atoms with Crippen LogP contribution in [0, 0.1) is 5.82 Å². The summed E-state index contributed by atoms with van der Waals surface area (Å²) in [4.78, 5) is 11.9. The lowest BCUT2D eigenvalue weighted by Crippen LogP contribution is -2.32. The fourth-order valence-electron chi connectivity index (χ4n) is 2.35. The summed E-state index contributed by atoms with van der Waals surface area (Å²) in [6, 6.07) is 9.91. The summed E-state index contributed by atoms with van der Waals surface area (Å²) in [5.74, 6) is -0.403. The van der Waals surface area contributed by atoms with E-state index in [0.29, 0.717) is 18.8 Å². The van der Waals surface area contributed by atoms with Crippen molar-refractivity contribution in [2.45, 2.75) is 11.3 Å². The molecule has 0 spiro atoms. The zero-order chi connectivity index (χ0) is 17.2. The highest BCUT2D eigenvalue weighted by Gasteiger charge is 2.20. The summed E-state index contributed by atoms with van der Waals surface area (Å²) in [7, 11) is -3.82. The van der Waals surface area contributed by atoms with Gasteiger partial charge in [-0.05, 0) is 42.0 Å². The predicted octanol–water partition coefficient (Wildman–Crippen LogP) is 1.68. The topological polar surface area (TPSA) is 84.5 Å². The van der Waals surface area contributed by atoms with Crippen molar-refractivity contribution in [3.05, 3.63) is 53.8 Å². The van der Waals surface area contributed by atoms with E-state index in [1.165, 1.54) is 30.3 Å². The first-order valence-corrected chi connectivity index (χ1v) is 8.73. The molecule has 0 fully saturated rings. The molecule has 1 aliphatic heterocycles. The van der Waals surface area contributed by atoms with Crippen molar-refractivity contribution in [2.24, 2.45) is 0 Å². The van der Waals surface area contributed by atoms with Crippen molar-refractivity contribution in [2.75, 3.05) is 18.5 Å². The molecule has 0 unspecified atom stereocenters. The molecule has 0 radical (unpaired) electrons. The van der Waals surface area contributed by atoms with E-state index >= 15 is 0 Å². The Morgan fingerprint density at radius 3 is 2.83 bits per heavy atom. The van der Waals surface area contributed by atoms with Crippen LogP contribution in [0.4, 0.5) is 10.1 Å². The molecule has 8 heteroatoms. The fourth-order valence-corrected chi connectivity index (χ4v) is 3.38. The number of benzene rings is 2. The molecule has 24 heavy (non-hydrogen) atoms. The van der Waals surface area contributed by atoms with Gasteiger partial charge in [0, 0.05) is 12.1 Å². The minimum absolute atomic E-state index is 0.0744. The van der Waals surface area contributed by atoms with Crippen LogP contribution in [-0.2, 0) is 21.2 Å². The molecular formula is C16H15FN2O4S. The lowest BCUT2D eigenvalue weighted by atomic mass is 10.2. The minimum atomic E-state index is -3.82. The molecule has 2 N–H and O–H groups in total. The number of amides is 1. The standard InChI is InChI=1S/C16H15FN2O4S/c17-12-2-1-3-13(9-12)19-16(20)10-18-24(21,22)14-4-5-15-11(8-14)6-7-23-15/h1-5,8-9,18H,6-7,10H2,(H,19,20). The van der Waals surface area contributed by atoms with Crippen LogP contribution in [0.25, 0.3) is 0 Å². The molecule has 3 rings (SSSR count). The number of ether oxygens (including phenoxy) is 1. The summed E-state index contributed by atoms with van der Waals surface area (Å²) in [6.45, 7) is 0.0781. The van der Waals surface area contributed by atoms with Crippen molar-refractivity contribution >= 4 is 21.6 Å². The molecule has 1 amide bonds. The zero-order valence-electron chi connectivity index (χ0n) is 12.6. The van der Waals surface area contributed by atoms with Gasteiger partial charge in [0.05, 0.1) is 18.0 Å². The van der Waals surface area contributed by atoms with Gasteiger partial charge in [-0.25, -0.2) is 17.5 Å². The van der Waals surface area contributed by atoms with Crippen LogP contribution in [0.2, 0.25) is 0 Å². The van der Waals surface area contributed by atoms with Gasteiger partial charge in [0.1, 0.15) is 11.6 Å². The third-order valence-corrected chi connectivity index (χ3v) is 4.90. The van der Waals surface area contributed by atoms with Gasteiger partial charge in [-0.1, -0.05) is 6.07 Å². The Morgan fingerprint density at radius 1 is 1.21 bits per heavy atom. The molecule has 0 saturated carbocycles. The maximum atomic E-state index is 13.1. The predicted molar refractivity (Wildman–Crippen MR) is 85.9 cm³/mol. The number of halogens is 1. The Balaban J connectivity index is 1.63. The maximum Gasteiger partial charge on any atom is 0.241 e. The Bertz CT molecular complexity index is 883. The van der Waals surface area contributed by atoms with Crippen LogP contribution in [0.15, 0.2) is 47.4 Å². The van der Waals surface area contributed by atoms with Crippen LogP contribution in [0.5, 0.6) is 5.75 Å². The van der Waals surface area contributed by atoms with Gasteiger partial charge in [-0.15, -0.1) is 0 Å². The Labute approximate surface area is 138 Å². The van der Waals surface area contributed by atoms with Gasteiger partial charge in [0.2, 0.25) is 15.9 Å². The molecule has 1 aliphatic rings. The molecule has 2 aromatic carbocycles. The quantitative estimate of drug-likeness (QED) is 0.859. The van der Waals surface area contributed by atoms with Crippen molar-refractivity contribution in [1.29, 1.82) is 0 Å². The average molecular weight is 350 g/mol. The number of carbonyl (C=O) groups is 1. The smallest absolute Gasteiger partial charge is 0.241 e. The molecule has 0 saturated heterocycles. The number of rotatable bonds is 5. The second kappa shape index (κ2) is 6.58. The van der Waals surface area contributed by atoms with E-state index < -0.39 is 28.3 Å². The van der Waals surface area contributed by atoms with Gasteiger partial charge < -0.3 is 10.1 Å². The molecule has 1 heterocycles. The van der Waals surface area contributed by atoms with E-state index in [9.17, 15) is 17.6 Å². The summed E-state index contributed by atoms with van der Waals surface area (Å²) in [5, 5.41) is 2.42. The van der Waals surface area contributed by atoms with E-state index in [0.717, 1.165) is 11.6 Å². The van der Waals surface area contributed by atoms with E-state index in [4.69, 9.17) is 4.74 Å². The molecule has 2 aromatic rings. The molecule has 126 valence electrons. The van der Waals surface area contributed by atoms with E-state index in [1.807, 2.05) is 0 Å². The number of sulfonamides is 1. The highest BCUT2D eigenvalue weighted by atomic mass is 32.2. The third-order valence-electron chi connectivity index (χ3n) is 3.50. The van der Waals surface area contributed by atoms with Crippen LogP contribution in [0.1, 0.15) is 5.56 Å². The molecule has 0 aromatic heterocycles. The summed E-state index contributed by atoms with van der Waals surface area (Å²) >= 11 is 0. The van der Waals surface area contributed by atoms with E-state index in [1.54, 1.807) is 6.07 Å². The van der Waals surface area contributed by atoms with Gasteiger partial charge in [-0.3, -0.25) is 4.79 Å². The second-order valence-electron chi connectivity index (χ2n) is 5.25. The first kappa shape index (κ1) is 16.4. The lowest BCUT2D eigenvalue weighted by Gasteiger charge is -2.09. The first-order valence-electron chi connectivity index (χ1n) is 7.25. The molecule has 6 nitrogen and oxygen atoms in total. The Morgan fingerprint density at radius 2 is 2.04 bits per heavy atom. The Kier molecular flexibility index (Phi) is 4.50. The fraction of sp³-hybridized carbons (Fsp3) is 0.188. The van der Waals surface area contributed by atoms with Crippen molar-refractivity contribution < 1.29 is 22.3 Å². The summed E-state index contributed by atoms with van der Waals surface area (Å²) < 4.78 is 45.1. The van der Waals surface area contributed by atoms with Crippen LogP contribution < -0.4 is 14.8 Å². The van der Waals surface area contributed by atoms with Crippen molar-refractivity contribution in [1.82, 2.24) is 4.72 Å².